The van der Waals surface area contributed by atoms with Gasteiger partial charge in [-0.05, 0) is 46.5 Å². The second-order valence-electron chi connectivity index (χ2n) is 4.83. The molecule has 0 aliphatic rings. The third-order valence-corrected chi connectivity index (χ3v) is 3.57. The van der Waals surface area contributed by atoms with Crippen molar-refractivity contribution >= 4 is 17.1 Å². The number of carbonyl (C=O) groups excluding carboxylic acids is 1. The van der Waals surface area contributed by atoms with E-state index < -0.39 is 5.82 Å². The highest BCUT2D eigenvalue weighted by Crippen LogP contribution is 2.32. The third kappa shape index (κ3) is 1.99. The molecule has 0 unspecified atom stereocenters. The van der Waals surface area contributed by atoms with Crippen LogP contribution in [0.4, 0.5) is 4.39 Å². The Morgan fingerprint density at radius 1 is 0.900 bits per heavy atom. The van der Waals surface area contributed by atoms with E-state index in [1.165, 1.54) is 17.7 Å². The van der Waals surface area contributed by atoms with Gasteiger partial charge >= 0.3 is 0 Å². The van der Waals surface area contributed by atoms with Crippen LogP contribution in [0.2, 0.25) is 0 Å². The zero-order valence-corrected chi connectivity index (χ0v) is 11.1. The zero-order valence-electron chi connectivity index (χ0n) is 11.1. The Morgan fingerprint density at radius 2 is 1.60 bits per heavy atom. The summed E-state index contributed by atoms with van der Waals surface area (Å²) >= 11 is 0. The highest BCUT2D eigenvalue weighted by atomic mass is 19.1. The van der Waals surface area contributed by atoms with E-state index in [1.54, 1.807) is 6.07 Å². The third-order valence-electron chi connectivity index (χ3n) is 3.57. The molecule has 20 heavy (non-hydrogen) atoms. The molecule has 0 aliphatic carbocycles. The lowest BCUT2D eigenvalue weighted by Crippen LogP contribution is -1.91. The standard InChI is InChI=1S/C18H13FO/c1-12-6-8-18(17-5-3-2-4-15(12)17)16-9-7-14(19)10-13(16)11-20/h2-11H,1H3. The number of fused-ring (bicyclic) bond motifs is 1. The van der Waals surface area contributed by atoms with Crippen molar-refractivity contribution in [2.45, 2.75) is 6.92 Å². The Hall–Kier alpha value is -2.48. The highest BCUT2D eigenvalue weighted by Gasteiger charge is 2.10. The Bertz CT molecular complexity index is 806. The summed E-state index contributed by atoms with van der Waals surface area (Å²) in [5.41, 5.74) is 3.27. The predicted octanol–water partition coefficient (Wildman–Crippen LogP) is 4.77. The van der Waals surface area contributed by atoms with E-state index in [1.807, 2.05) is 30.3 Å². The van der Waals surface area contributed by atoms with Gasteiger partial charge in [0, 0.05) is 5.56 Å². The minimum absolute atomic E-state index is 0.374. The molecule has 98 valence electrons. The van der Waals surface area contributed by atoms with Crippen LogP contribution in [-0.4, -0.2) is 6.29 Å². The molecule has 0 saturated carbocycles. The van der Waals surface area contributed by atoms with Crippen LogP contribution in [-0.2, 0) is 0 Å². The molecule has 0 bridgehead atoms. The fraction of sp³-hybridized carbons (Fsp3) is 0.0556. The van der Waals surface area contributed by atoms with E-state index in [-0.39, 0.29) is 0 Å². The minimum atomic E-state index is -0.396. The van der Waals surface area contributed by atoms with E-state index >= 15 is 0 Å². The number of rotatable bonds is 2. The number of carbonyl (C=O) groups is 1. The summed E-state index contributed by atoms with van der Waals surface area (Å²) in [5, 5.41) is 2.22. The smallest absolute Gasteiger partial charge is 0.150 e. The number of hydrogen-bond donors (Lipinski definition) is 0. The van der Waals surface area contributed by atoms with Gasteiger partial charge in [-0.3, -0.25) is 4.79 Å². The van der Waals surface area contributed by atoms with Gasteiger partial charge in [0.15, 0.2) is 6.29 Å². The van der Waals surface area contributed by atoms with Crippen LogP contribution in [0.15, 0.2) is 54.6 Å². The molecule has 3 aromatic carbocycles. The quantitative estimate of drug-likeness (QED) is 0.609. The van der Waals surface area contributed by atoms with E-state index in [9.17, 15) is 9.18 Å². The van der Waals surface area contributed by atoms with Crippen LogP contribution in [0.3, 0.4) is 0 Å². The average Bonchev–Trinajstić information content (AvgIpc) is 2.48. The van der Waals surface area contributed by atoms with Crippen molar-refractivity contribution in [1.29, 1.82) is 0 Å². The summed E-state index contributed by atoms with van der Waals surface area (Å²) in [6.45, 7) is 2.05. The maximum atomic E-state index is 13.3. The van der Waals surface area contributed by atoms with Gasteiger partial charge in [0.25, 0.3) is 0 Å². The number of hydrogen-bond acceptors (Lipinski definition) is 1. The average molecular weight is 264 g/mol. The molecule has 1 nitrogen and oxygen atoms in total. The summed E-state index contributed by atoms with van der Waals surface area (Å²) in [7, 11) is 0. The van der Waals surface area contributed by atoms with Crippen molar-refractivity contribution in [2.24, 2.45) is 0 Å². The van der Waals surface area contributed by atoms with Gasteiger partial charge in [0.1, 0.15) is 5.82 Å². The topological polar surface area (TPSA) is 17.1 Å². The Morgan fingerprint density at radius 3 is 2.35 bits per heavy atom. The summed E-state index contributed by atoms with van der Waals surface area (Å²) in [5.74, 6) is -0.396. The zero-order chi connectivity index (χ0) is 14.1. The minimum Gasteiger partial charge on any atom is -0.298 e. The lowest BCUT2D eigenvalue weighted by atomic mass is 9.93. The molecule has 0 amide bonds. The molecule has 0 fully saturated rings. The predicted molar refractivity (Wildman–Crippen MR) is 79.5 cm³/mol. The van der Waals surface area contributed by atoms with Gasteiger partial charge in [-0.15, -0.1) is 0 Å². The van der Waals surface area contributed by atoms with Crippen LogP contribution in [0, 0.1) is 12.7 Å². The molecular weight excluding hydrogens is 251 g/mol. The van der Waals surface area contributed by atoms with Crippen LogP contribution in [0.1, 0.15) is 15.9 Å². The van der Waals surface area contributed by atoms with Gasteiger partial charge < -0.3 is 0 Å². The van der Waals surface area contributed by atoms with Gasteiger partial charge in [-0.2, -0.15) is 0 Å². The first kappa shape index (κ1) is 12.5. The largest absolute Gasteiger partial charge is 0.298 e. The fourth-order valence-corrected chi connectivity index (χ4v) is 2.56. The normalized spacial score (nSPS) is 10.7. The number of halogens is 1. The lowest BCUT2D eigenvalue weighted by molar-refractivity contribution is 0.112. The molecule has 2 heteroatoms. The maximum absolute atomic E-state index is 13.3. The molecule has 0 N–H and O–H groups in total. The second-order valence-corrected chi connectivity index (χ2v) is 4.83. The van der Waals surface area contributed by atoms with Gasteiger partial charge in [0.05, 0.1) is 0 Å². The first-order chi connectivity index (χ1) is 9.70. The number of benzene rings is 3. The van der Waals surface area contributed by atoms with Crippen LogP contribution < -0.4 is 0 Å². The van der Waals surface area contributed by atoms with Gasteiger partial charge in [-0.25, -0.2) is 4.39 Å². The molecule has 0 atom stereocenters. The number of aryl methyl sites for hydroxylation is 1. The SMILES string of the molecule is Cc1ccc(-c2ccc(F)cc2C=O)c2ccccc12. The molecule has 0 saturated heterocycles. The highest BCUT2D eigenvalue weighted by molar-refractivity contribution is 6.01. The van der Waals surface area contributed by atoms with Crippen molar-refractivity contribution in [2.75, 3.05) is 0 Å². The molecule has 0 spiro atoms. The summed E-state index contributed by atoms with van der Waals surface area (Å²) < 4.78 is 13.3. The van der Waals surface area contributed by atoms with Crippen LogP contribution in [0.5, 0.6) is 0 Å². The molecule has 0 aliphatic heterocycles. The fourth-order valence-electron chi connectivity index (χ4n) is 2.56. The molecule has 0 aromatic heterocycles. The lowest BCUT2D eigenvalue weighted by Gasteiger charge is -2.11. The summed E-state index contributed by atoms with van der Waals surface area (Å²) in [6, 6.07) is 16.4. The van der Waals surface area contributed by atoms with E-state index in [2.05, 4.69) is 13.0 Å². The molecule has 3 aromatic rings. The molecule has 3 rings (SSSR count). The van der Waals surface area contributed by atoms with Gasteiger partial charge in [-0.1, -0.05) is 42.5 Å². The van der Waals surface area contributed by atoms with Gasteiger partial charge in [0.2, 0.25) is 0 Å². The van der Waals surface area contributed by atoms with E-state index in [0.29, 0.717) is 11.8 Å². The Labute approximate surface area is 116 Å². The number of aldehydes is 1. The second kappa shape index (κ2) is 4.89. The van der Waals surface area contributed by atoms with E-state index in [0.717, 1.165) is 21.9 Å². The first-order valence-electron chi connectivity index (χ1n) is 6.44. The Kier molecular flexibility index (Phi) is 3.07. The van der Waals surface area contributed by atoms with Crippen molar-refractivity contribution in [3.63, 3.8) is 0 Å². The summed E-state index contributed by atoms with van der Waals surface area (Å²) in [4.78, 5) is 11.2. The van der Waals surface area contributed by atoms with Crippen molar-refractivity contribution < 1.29 is 9.18 Å². The van der Waals surface area contributed by atoms with Crippen molar-refractivity contribution in [3.8, 4) is 11.1 Å². The monoisotopic (exact) mass is 264 g/mol. The molecular formula is C18H13FO. The Balaban J connectivity index is 2.36. The maximum Gasteiger partial charge on any atom is 0.150 e. The van der Waals surface area contributed by atoms with Crippen molar-refractivity contribution in [1.82, 2.24) is 0 Å². The molecule has 0 radical (unpaired) electrons. The van der Waals surface area contributed by atoms with E-state index in [4.69, 9.17) is 0 Å². The van der Waals surface area contributed by atoms with Crippen LogP contribution in [0.25, 0.3) is 21.9 Å². The summed E-state index contributed by atoms with van der Waals surface area (Å²) in [6.07, 6.45) is 0.701. The molecule has 0 heterocycles. The first-order valence-corrected chi connectivity index (χ1v) is 6.44. The van der Waals surface area contributed by atoms with Crippen molar-refractivity contribution in [3.05, 3.63) is 71.5 Å². The van der Waals surface area contributed by atoms with Crippen LogP contribution >= 0.6 is 0 Å².